The molecule has 0 unspecified atom stereocenters. The Morgan fingerprint density at radius 2 is 1.78 bits per heavy atom. The van der Waals surface area contributed by atoms with Crippen molar-refractivity contribution in [2.75, 3.05) is 23.3 Å². The molecule has 144 valence electrons. The van der Waals surface area contributed by atoms with Crippen LogP contribution in [0.3, 0.4) is 0 Å². The van der Waals surface area contributed by atoms with Gasteiger partial charge in [0.15, 0.2) is 0 Å². The zero-order valence-corrected chi connectivity index (χ0v) is 16.0. The summed E-state index contributed by atoms with van der Waals surface area (Å²) in [6.07, 6.45) is 1.60. The van der Waals surface area contributed by atoms with Crippen molar-refractivity contribution in [1.29, 1.82) is 0 Å². The molecule has 7 heteroatoms. The van der Waals surface area contributed by atoms with Gasteiger partial charge < -0.3 is 20.9 Å². The van der Waals surface area contributed by atoms with Crippen molar-refractivity contribution >= 4 is 23.4 Å². The van der Waals surface area contributed by atoms with Gasteiger partial charge in [0, 0.05) is 19.6 Å². The van der Waals surface area contributed by atoms with E-state index in [1.165, 1.54) is 0 Å². The SMILES string of the molecule is CCN(CC)c1ccc(NC(=O)N[C@H](C)C(=O)NCc2ccccc2)cn1. The van der Waals surface area contributed by atoms with Crippen LogP contribution in [0, 0.1) is 0 Å². The summed E-state index contributed by atoms with van der Waals surface area (Å²) in [5.41, 5.74) is 1.57. The summed E-state index contributed by atoms with van der Waals surface area (Å²) in [6.45, 7) is 7.93. The first-order chi connectivity index (χ1) is 13.0. The minimum absolute atomic E-state index is 0.246. The van der Waals surface area contributed by atoms with E-state index in [-0.39, 0.29) is 5.91 Å². The number of rotatable bonds is 8. The number of hydrogen-bond acceptors (Lipinski definition) is 4. The molecule has 3 N–H and O–H groups in total. The second-order valence-electron chi connectivity index (χ2n) is 6.10. The van der Waals surface area contributed by atoms with Crippen LogP contribution in [-0.4, -0.2) is 36.1 Å². The molecule has 7 nitrogen and oxygen atoms in total. The van der Waals surface area contributed by atoms with E-state index in [2.05, 4.69) is 39.7 Å². The molecule has 1 heterocycles. The first kappa shape index (κ1) is 20.2. The largest absolute Gasteiger partial charge is 0.357 e. The molecule has 2 rings (SSSR count). The Bertz CT molecular complexity index is 730. The number of carbonyl (C=O) groups is 2. The van der Waals surface area contributed by atoms with E-state index in [1.807, 2.05) is 36.4 Å². The molecule has 0 aliphatic heterocycles. The molecule has 2 aromatic rings. The van der Waals surface area contributed by atoms with Crippen LogP contribution < -0.4 is 20.9 Å². The molecule has 3 amide bonds. The fourth-order valence-corrected chi connectivity index (χ4v) is 2.56. The Labute approximate surface area is 160 Å². The normalized spacial score (nSPS) is 11.4. The predicted octanol–water partition coefficient (Wildman–Crippen LogP) is 2.75. The maximum Gasteiger partial charge on any atom is 0.319 e. The summed E-state index contributed by atoms with van der Waals surface area (Å²) < 4.78 is 0. The zero-order valence-electron chi connectivity index (χ0n) is 16.0. The topological polar surface area (TPSA) is 86.4 Å². The number of urea groups is 1. The van der Waals surface area contributed by atoms with Gasteiger partial charge in [-0.3, -0.25) is 4.79 Å². The summed E-state index contributed by atoms with van der Waals surface area (Å²) in [5.74, 6) is 0.614. The Balaban J connectivity index is 1.81. The summed E-state index contributed by atoms with van der Waals surface area (Å²) in [5, 5.41) is 8.12. The van der Waals surface area contributed by atoms with Crippen LogP contribution in [0.1, 0.15) is 26.3 Å². The van der Waals surface area contributed by atoms with Crippen LogP contribution in [0.25, 0.3) is 0 Å². The van der Waals surface area contributed by atoms with E-state index in [0.717, 1.165) is 24.5 Å². The van der Waals surface area contributed by atoms with Crippen molar-refractivity contribution in [2.24, 2.45) is 0 Å². The molecule has 27 heavy (non-hydrogen) atoms. The molecule has 1 atom stereocenters. The smallest absolute Gasteiger partial charge is 0.319 e. The van der Waals surface area contributed by atoms with E-state index >= 15 is 0 Å². The Morgan fingerprint density at radius 1 is 1.07 bits per heavy atom. The van der Waals surface area contributed by atoms with Gasteiger partial charge in [0.2, 0.25) is 5.91 Å². The highest BCUT2D eigenvalue weighted by Gasteiger charge is 2.15. The van der Waals surface area contributed by atoms with Crippen LogP contribution in [0.4, 0.5) is 16.3 Å². The average molecular weight is 369 g/mol. The van der Waals surface area contributed by atoms with Crippen molar-refractivity contribution in [2.45, 2.75) is 33.4 Å². The number of benzene rings is 1. The van der Waals surface area contributed by atoms with E-state index in [4.69, 9.17) is 0 Å². The van der Waals surface area contributed by atoms with Crippen LogP contribution in [-0.2, 0) is 11.3 Å². The second kappa shape index (κ2) is 10.2. The van der Waals surface area contributed by atoms with Crippen molar-refractivity contribution in [3.63, 3.8) is 0 Å². The quantitative estimate of drug-likeness (QED) is 0.668. The van der Waals surface area contributed by atoms with Crippen LogP contribution >= 0.6 is 0 Å². The summed E-state index contributed by atoms with van der Waals surface area (Å²) in [7, 11) is 0. The third kappa shape index (κ3) is 6.29. The molecule has 1 aromatic carbocycles. The van der Waals surface area contributed by atoms with Gasteiger partial charge in [-0.25, -0.2) is 9.78 Å². The van der Waals surface area contributed by atoms with Crippen molar-refractivity contribution < 1.29 is 9.59 Å². The average Bonchev–Trinajstić information content (AvgIpc) is 2.69. The Kier molecular flexibility index (Phi) is 7.61. The lowest BCUT2D eigenvalue weighted by atomic mass is 10.2. The fraction of sp³-hybridized carbons (Fsp3) is 0.350. The molecular formula is C20H27N5O2. The molecule has 0 bridgehead atoms. The molecule has 0 radical (unpaired) electrons. The van der Waals surface area contributed by atoms with Gasteiger partial charge in [0.1, 0.15) is 11.9 Å². The number of amides is 3. The third-order valence-corrected chi connectivity index (χ3v) is 4.14. The number of nitrogens with zero attached hydrogens (tertiary/aromatic N) is 2. The maximum atomic E-state index is 12.1. The number of nitrogens with one attached hydrogen (secondary N) is 3. The lowest BCUT2D eigenvalue weighted by Crippen LogP contribution is -2.46. The van der Waals surface area contributed by atoms with Crippen molar-refractivity contribution in [3.8, 4) is 0 Å². The second-order valence-corrected chi connectivity index (χ2v) is 6.10. The first-order valence-electron chi connectivity index (χ1n) is 9.13. The number of anilines is 2. The number of pyridine rings is 1. The van der Waals surface area contributed by atoms with E-state index in [0.29, 0.717) is 12.2 Å². The van der Waals surface area contributed by atoms with Gasteiger partial charge in [-0.1, -0.05) is 30.3 Å². The van der Waals surface area contributed by atoms with Gasteiger partial charge in [-0.15, -0.1) is 0 Å². The fourth-order valence-electron chi connectivity index (χ4n) is 2.56. The predicted molar refractivity (Wildman–Crippen MR) is 108 cm³/mol. The number of hydrogen-bond donors (Lipinski definition) is 3. The molecule has 1 aromatic heterocycles. The highest BCUT2D eigenvalue weighted by molar-refractivity contribution is 5.93. The van der Waals surface area contributed by atoms with Gasteiger partial charge in [-0.2, -0.15) is 0 Å². The van der Waals surface area contributed by atoms with Crippen molar-refractivity contribution in [1.82, 2.24) is 15.6 Å². The molecule has 0 saturated heterocycles. The molecule has 0 fully saturated rings. The summed E-state index contributed by atoms with van der Waals surface area (Å²) in [4.78, 5) is 30.7. The Hall–Kier alpha value is -3.09. The van der Waals surface area contributed by atoms with Crippen LogP contribution in [0.15, 0.2) is 48.7 Å². The Morgan fingerprint density at radius 3 is 2.37 bits per heavy atom. The molecule has 0 spiro atoms. The van der Waals surface area contributed by atoms with Crippen LogP contribution in [0.5, 0.6) is 0 Å². The zero-order chi connectivity index (χ0) is 19.6. The maximum absolute atomic E-state index is 12.1. The summed E-state index contributed by atoms with van der Waals surface area (Å²) >= 11 is 0. The van der Waals surface area contributed by atoms with Crippen LogP contribution in [0.2, 0.25) is 0 Å². The van der Waals surface area contributed by atoms with E-state index in [1.54, 1.807) is 19.2 Å². The lowest BCUT2D eigenvalue weighted by molar-refractivity contribution is -0.122. The van der Waals surface area contributed by atoms with E-state index in [9.17, 15) is 9.59 Å². The highest BCUT2D eigenvalue weighted by Crippen LogP contribution is 2.13. The van der Waals surface area contributed by atoms with Gasteiger partial charge in [0.05, 0.1) is 11.9 Å². The van der Waals surface area contributed by atoms with E-state index < -0.39 is 12.1 Å². The highest BCUT2D eigenvalue weighted by atomic mass is 16.2. The molecular weight excluding hydrogens is 342 g/mol. The minimum Gasteiger partial charge on any atom is -0.357 e. The monoisotopic (exact) mass is 369 g/mol. The number of carbonyl (C=O) groups excluding carboxylic acids is 2. The van der Waals surface area contributed by atoms with Gasteiger partial charge >= 0.3 is 6.03 Å². The third-order valence-electron chi connectivity index (χ3n) is 4.14. The first-order valence-corrected chi connectivity index (χ1v) is 9.13. The molecule has 0 aliphatic rings. The standard InChI is InChI=1S/C20H27N5O2/c1-4-25(5-2)18-12-11-17(14-21-18)24-20(27)23-15(3)19(26)22-13-16-9-7-6-8-10-16/h6-12,14-15H,4-5,13H2,1-3H3,(H,22,26)(H2,23,24,27)/t15-/m1/s1. The van der Waals surface area contributed by atoms with Gasteiger partial charge in [0.25, 0.3) is 0 Å². The lowest BCUT2D eigenvalue weighted by Gasteiger charge is -2.20. The van der Waals surface area contributed by atoms with Gasteiger partial charge in [-0.05, 0) is 38.5 Å². The molecule has 0 saturated carbocycles. The van der Waals surface area contributed by atoms with Crippen molar-refractivity contribution in [3.05, 3.63) is 54.2 Å². The minimum atomic E-state index is -0.656. The summed E-state index contributed by atoms with van der Waals surface area (Å²) in [6, 6.07) is 12.2. The number of aromatic nitrogens is 1. The molecule has 0 aliphatic carbocycles.